The predicted molar refractivity (Wildman–Crippen MR) is 74.0 cm³/mol. The van der Waals surface area contributed by atoms with Crippen molar-refractivity contribution in [3.63, 3.8) is 0 Å². The van der Waals surface area contributed by atoms with Crippen LogP contribution in [0.4, 0.5) is 8.78 Å². The third kappa shape index (κ3) is 3.75. The number of benzene rings is 2. The van der Waals surface area contributed by atoms with Gasteiger partial charge in [-0.3, -0.25) is 0 Å². The van der Waals surface area contributed by atoms with Gasteiger partial charge in [-0.25, -0.2) is 8.78 Å². The van der Waals surface area contributed by atoms with Gasteiger partial charge in [-0.1, -0.05) is 23.7 Å². The molecule has 2 aromatic rings. The first-order chi connectivity index (χ1) is 9.08. The van der Waals surface area contributed by atoms with Crippen molar-refractivity contribution in [2.45, 2.75) is 13.2 Å². The Bertz CT molecular complexity index is 590. The average molecular weight is 348 g/mol. The van der Waals surface area contributed by atoms with Crippen LogP contribution in [0.2, 0.25) is 5.02 Å². The highest BCUT2D eigenvalue weighted by atomic mass is 79.9. The average Bonchev–Trinajstić information content (AvgIpc) is 2.38. The fraction of sp³-hybridized carbons (Fsp3) is 0.143. The van der Waals surface area contributed by atoms with Crippen molar-refractivity contribution in [3.8, 4) is 0 Å². The van der Waals surface area contributed by atoms with Crippen LogP contribution in [-0.2, 0) is 18.0 Å². The van der Waals surface area contributed by atoms with E-state index >= 15 is 0 Å². The Morgan fingerprint density at radius 1 is 1.11 bits per heavy atom. The molecule has 0 heterocycles. The van der Waals surface area contributed by atoms with E-state index in [2.05, 4.69) is 15.9 Å². The highest BCUT2D eigenvalue weighted by Gasteiger charge is 2.12. The van der Waals surface area contributed by atoms with Gasteiger partial charge in [0.2, 0.25) is 0 Å². The molecule has 2 aromatic carbocycles. The summed E-state index contributed by atoms with van der Waals surface area (Å²) in [4.78, 5) is 0. The van der Waals surface area contributed by atoms with Crippen molar-refractivity contribution < 1.29 is 13.5 Å². The van der Waals surface area contributed by atoms with Crippen LogP contribution in [0, 0.1) is 11.6 Å². The second-order valence-corrected chi connectivity index (χ2v) is 5.24. The summed E-state index contributed by atoms with van der Waals surface area (Å²) in [6.07, 6.45) is 0. The van der Waals surface area contributed by atoms with Crippen molar-refractivity contribution in [3.05, 3.63) is 68.7 Å². The van der Waals surface area contributed by atoms with E-state index in [0.717, 1.165) is 5.56 Å². The van der Waals surface area contributed by atoms with E-state index in [-0.39, 0.29) is 23.2 Å². The number of halogens is 4. The predicted octanol–water partition coefficient (Wildman–Crippen LogP) is 5.10. The molecular weight excluding hydrogens is 338 g/mol. The minimum Gasteiger partial charge on any atom is -0.372 e. The van der Waals surface area contributed by atoms with Gasteiger partial charge >= 0.3 is 0 Å². The van der Waals surface area contributed by atoms with Gasteiger partial charge in [0, 0.05) is 5.02 Å². The zero-order valence-corrected chi connectivity index (χ0v) is 12.1. The lowest BCUT2D eigenvalue weighted by Gasteiger charge is -2.08. The minimum atomic E-state index is -0.633. The molecule has 0 aliphatic carbocycles. The molecule has 0 atom stereocenters. The van der Waals surface area contributed by atoms with Gasteiger partial charge in [0.15, 0.2) is 0 Å². The molecule has 2 rings (SSSR count). The Balaban J connectivity index is 2.02. The molecule has 0 aromatic heterocycles. The minimum absolute atomic E-state index is 0.0867. The topological polar surface area (TPSA) is 9.23 Å². The highest BCUT2D eigenvalue weighted by Crippen LogP contribution is 2.22. The molecule has 0 radical (unpaired) electrons. The summed E-state index contributed by atoms with van der Waals surface area (Å²) < 4.78 is 32.7. The standard InChI is InChI=1S/C14H10BrClF2O/c15-12-4-5-13(17)11(14(12)18)8-19-7-9-2-1-3-10(16)6-9/h1-6H,7-8H2. The molecule has 5 heteroatoms. The summed E-state index contributed by atoms with van der Waals surface area (Å²) in [5, 5.41) is 0.598. The van der Waals surface area contributed by atoms with Crippen LogP contribution in [0.5, 0.6) is 0 Å². The largest absolute Gasteiger partial charge is 0.372 e. The molecule has 0 bridgehead atoms. The SMILES string of the molecule is Fc1ccc(Br)c(F)c1COCc1cccc(Cl)c1. The third-order valence-electron chi connectivity index (χ3n) is 2.54. The van der Waals surface area contributed by atoms with Gasteiger partial charge in [-0.05, 0) is 45.8 Å². The Morgan fingerprint density at radius 2 is 1.89 bits per heavy atom. The molecule has 100 valence electrons. The lowest BCUT2D eigenvalue weighted by atomic mass is 10.2. The van der Waals surface area contributed by atoms with Crippen LogP contribution in [0.3, 0.4) is 0 Å². The van der Waals surface area contributed by atoms with Crippen LogP contribution in [-0.4, -0.2) is 0 Å². The fourth-order valence-electron chi connectivity index (χ4n) is 1.60. The third-order valence-corrected chi connectivity index (χ3v) is 3.39. The first-order valence-electron chi connectivity index (χ1n) is 5.52. The molecule has 0 amide bonds. The van der Waals surface area contributed by atoms with Crippen LogP contribution >= 0.6 is 27.5 Å². The summed E-state index contributed by atoms with van der Waals surface area (Å²) >= 11 is 8.84. The van der Waals surface area contributed by atoms with Crippen molar-refractivity contribution in [2.75, 3.05) is 0 Å². The summed E-state index contributed by atoms with van der Waals surface area (Å²) in [5.41, 5.74) is 0.764. The smallest absolute Gasteiger partial charge is 0.145 e. The second-order valence-electron chi connectivity index (χ2n) is 3.94. The van der Waals surface area contributed by atoms with Crippen molar-refractivity contribution in [2.24, 2.45) is 0 Å². The van der Waals surface area contributed by atoms with Gasteiger partial charge in [-0.2, -0.15) is 0 Å². The molecule has 0 saturated heterocycles. The number of rotatable bonds is 4. The first-order valence-corrected chi connectivity index (χ1v) is 6.69. The monoisotopic (exact) mass is 346 g/mol. The molecule has 0 fully saturated rings. The molecule has 0 N–H and O–H groups in total. The maximum atomic E-state index is 13.7. The van der Waals surface area contributed by atoms with E-state index in [4.69, 9.17) is 16.3 Å². The zero-order valence-electron chi connectivity index (χ0n) is 9.80. The van der Waals surface area contributed by atoms with Crippen LogP contribution in [0.15, 0.2) is 40.9 Å². The van der Waals surface area contributed by atoms with E-state index in [9.17, 15) is 8.78 Å². The van der Waals surface area contributed by atoms with Crippen molar-refractivity contribution in [1.82, 2.24) is 0 Å². The van der Waals surface area contributed by atoms with E-state index in [1.54, 1.807) is 18.2 Å². The number of hydrogen-bond acceptors (Lipinski definition) is 1. The van der Waals surface area contributed by atoms with Crippen LogP contribution < -0.4 is 0 Å². The summed E-state index contributed by atoms with van der Waals surface area (Å²) in [6, 6.07) is 9.64. The Hall–Kier alpha value is -0.970. The zero-order chi connectivity index (χ0) is 13.8. The fourth-order valence-corrected chi connectivity index (χ4v) is 2.18. The summed E-state index contributed by atoms with van der Waals surface area (Å²) in [7, 11) is 0. The number of ether oxygens (including phenoxy) is 1. The van der Waals surface area contributed by atoms with Gasteiger partial charge in [0.25, 0.3) is 0 Å². The Kier molecular flexibility index (Phi) is 4.91. The molecule has 0 saturated carbocycles. The van der Waals surface area contributed by atoms with Gasteiger partial charge in [0.05, 0.1) is 23.2 Å². The molecule has 0 aliphatic rings. The molecular formula is C14H10BrClF2O. The molecule has 0 aliphatic heterocycles. The first kappa shape index (κ1) is 14.4. The Morgan fingerprint density at radius 3 is 2.63 bits per heavy atom. The molecule has 0 unspecified atom stereocenters. The maximum absolute atomic E-state index is 13.7. The normalized spacial score (nSPS) is 10.7. The van der Waals surface area contributed by atoms with E-state index in [1.807, 2.05) is 6.07 Å². The van der Waals surface area contributed by atoms with Crippen LogP contribution in [0.1, 0.15) is 11.1 Å². The highest BCUT2D eigenvalue weighted by molar-refractivity contribution is 9.10. The van der Waals surface area contributed by atoms with E-state index in [0.29, 0.717) is 5.02 Å². The van der Waals surface area contributed by atoms with Gasteiger partial charge < -0.3 is 4.74 Å². The molecule has 0 spiro atoms. The summed E-state index contributed by atoms with van der Waals surface area (Å²) in [6.45, 7) is 0.107. The molecule has 1 nitrogen and oxygen atoms in total. The van der Waals surface area contributed by atoms with Crippen molar-refractivity contribution >= 4 is 27.5 Å². The molecule has 19 heavy (non-hydrogen) atoms. The lowest BCUT2D eigenvalue weighted by Crippen LogP contribution is -2.01. The Labute approximate surface area is 123 Å². The van der Waals surface area contributed by atoms with Gasteiger partial charge in [0.1, 0.15) is 11.6 Å². The van der Waals surface area contributed by atoms with Crippen molar-refractivity contribution in [1.29, 1.82) is 0 Å². The lowest BCUT2D eigenvalue weighted by molar-refractivity contribution is 0.102. The summed E-state index contributed by atoms with van der Waals surface area (Å²) in [5.74, 6) is -1.25. The van der Waals surface area contributed by atoms with E-state index in [1.165, 1.54) is 12.1 Å². The van der Waals surface area contributed by atoms with Crippen LogP contribution in [0.25, 0.3) is 0 Å². The number of hydrogen-bond donors (Lipinski definition) is 0. The quantitative estimate of drug-likeness (QED) is 0.699. The second kappa shape index (κ2) is 6.46. The maximum Gasteiger partial charge on any atom is 0.145 e. The van der Waals surface area contributed by atoms with Gasteiger partial charge in [-0.15, -0.1) is 0 Å². The van der Waals surface area contributed by atoms with E-state index < -0.39 is 11.6 Å².